The molecule has 176 valence electrons. The van der Waals surface area contributed by atoms with E-state index in [1.807, 2.05) is 40.5 Å². The number of halogens is 1. The van der Waals surface area contributed by atoms with Gasteiger partial charge in [-0.2, -0.15) is 0 Å². The topological polar surface area (TPSA) is 67.8 Å². The van der Waals surface area contributed by atoms with E-state index in [0.29, 0.717) is 65.9 Å². The molecule has 5 rings (SSSR count). The Morgan fingerprint density at radius 3 is 2.47 bits per heavy atom. The fourth-order valence-electron chi connectivity index (χ4n) is 4.44. The Balaban J connectivity index is 1.39. The molecule has 0 atom stereocenters. The number of hydrogen-bond acceptors (Lipinski definition) is 5. The van der Waals surface area contributed by atoms with E-state index < -0.39 is 0 Å². The highest BCUT2D eigenvalue weighted by atomic mass is 35.5. The number of carbonyl (C=O) groups is 1. The average Bonchev–Trinajstić information content (AvgIpc) is 3.18. The molecular formula is C24H25ClN6O2S. The van der Waals surface area contributed by atoms with Crippen LogP contribution in [0.5, 0.6) is 0 Å². The molecule has 3 heterocycles. The first-order chi connectivity index (χ1) is 16.5. The molecule has 1 aliphatic rings. The van der Waals surface area contributed by atoms with Gasteiger partial charge in [0.2, 0.25) is 10.5 Å². The van der Waals surface area contributed by atoms with E-state index in [0.717, 1.165) is 11.9 Å². The van der Waals surface area contributed by atoms with Gasteiger partial charge in [-0.05, 0) is 55.0 Å². The molecule has 10 heteroatoms. The van der Waals surface area contributed by atoms with Crippen LogP contribution in [0.3, 0.4) is 0 Å². The molecule has 0 saturated carbocycles. The molecule has 2 aromatic heterocycles. The number of piperazine rings is 1. The van der Waals surface area contributed by atoms with E-state index in [9.17, 15) is 9.59 Å². The summed E-state index contributed by atoms with van der Waals surface area (Å²) < 4.78 is 5.93. The van der Waals surface area contributed by atoms with Crippen LogP contribution in [0.4, 0.5) is 0 Å². The van der Waals surface area contributed by atoms with Gasteiger partial charge >= 0.3 is 0 Å². The van der Waals surface area contributed by atoms with Crippen molar-refractivity contribution in [1.29, 1.82) is 0 Å². The Bertz CT molecular complexity index is 1480. The van der Waals surface area contributed by atoms with Crippen LogP contribution in [0.25, 0.3) is 16.7 Å². The lowest BCUT2D eigenvalue weighted by Gasteiger charge is -2.34. The average molecular weight is 497 g/mol. The molecule has 0 unspecified atom stereocenters. The van der Waals surface area contributed by atoms with E-state index in [1.165, 1.54) is 0 Å². The molecule has 34 heavy (non-hydrogen) atoms. The highest BCUT2D eigenvalue weighted by Crippen LogP contribution is 2.16. The van der Waals surface area contributed by atoms with Gasteiger partial charge in [0.25, 0.3) is 11.5 Å². The van der Waals surface area contributed by atoms with Crippen LogP contribution in [-0.4, -0.2) is 60.6 Å². The summed E-state index contributed by atoms with van der Waals surface area (Å²) in [6.45, 7) is 5.75. The summed E-state index contributed by atoms with van der Waals surface area (Å²) in [4.78, 5) is 30.0. The predicted octanol–water partition coefficient (Wildman–Crippen LogP) is 3.66. The highest BCUT2D eigenvalue weighted by Gasteiger charge is 2.23. The maximum Gasteiger partial charge on any atom is 0.262 e. The van der Waals surface area contributed by atoms with Crippen LogP contribution >= 0.6 is 23.8 Å². The second-order valence-electron chi connectivity index (χ2n) is 8.45. The maximum atomic E-state index is 13.1. The third-order valence-electron chi connectivity index (χ3n) is 6.22. The number of aryl methyl sites for hydroxylation is 1. The zero-order valence-corrected chi connectivity index (χ0v) is 20.4. The third kappa shape index (κ3) is 4.04. The van der Waals surface area contributed by atoms with Gasteiger partial charge in [0.05, 0.1) is 17.6 Å². The number of para-hydroxylation sites is 1. The minimum atomic E-state index is -0.0496. The lowest BCUT2D eigenvalue weighted by Crippen LogP contribution is -2.49. The van der Waals surface area contributed by atoms with Crippen molar-refractivity contribution in [3.8, 4) is 0 Å². The summed E-state index contributed by atoms with van der Waals surface area (Å²) in [5.74, 6) is 0.572. The summed E-state index contributed by atoms with van der Waals surface area (Å²) in [5.41, 5.74) is 1.36. The lowest BCUT2D eigenvalue weighted by atomic mass is 10.2. The minimum absolute atomic E-state index is 0.00992. The van der Waals surface area contributed by atoms with Gasteiger partial charge in [0.1, 0.15) is 0 Å². The molecular weight excluding hydrogens is 472 g/mol. The largest absolute Gasteiger partial charge is 0.336 e. The summed E-state index contributed by atoms with van der Waals surface area (Å²) in [5, 5.41) is 6.00. The quantitative estimate of drug-likeness (QED) is 0.394. The van der Waals surface area contributed by atoms with Gasteiger partial charge in [-0.1, -0.05) is 30.7 Å². The number of nitrogens with zero attached hydrogens (tertiary/aromatic N) is 6. The van der Waals surface area contributed by atoms with Crippen LogP contribution in [0, 0.1) is 4.77 Å². The number of hydrogen-bond donors (Lipinski definition) is 0. The van der Waals surface area contributed by atoms with Crippen molar-refractivity contribution in [2.75, 3.05) is 26.2 Å². The Hall–Kier alpha value is -3.01. The van der Waals surface area contributed by atoms with Crippen LogP contribution in [0.1, 0.15) is 23.7 Å². The normalized spacial score (nSPS) is 14.8. The van der Waals surface area contributed by atoms with Crippen molar-refractivity contribution in [2.45, 2.75) is 26.6 Å². The molecule has 1 aliphatic heterocycles. The van der Waals surface area contributed by atoms with E-state index >= 15 is 0 Å². The van der Waals surface area contributed by atoms with Crippen LogP contribution in [0.15, 0.2) is 53.3 Å². The van der Waals surface area contributed by atoms with Gasteiger partial charge in [-0.3, -0.25) is 23.5 Å². The molecule has 1 amide bonds. The maximum absolute atomic E-state index is 13.1. The summed E-state index contributed by atoms with van der Waals surface area (Å²) in [7, 11) is 0. The Kier molecular flexibility index (Phi) is 6.24. The zero-order chi connectivity index (χ0) is 23.8. The molecule has 1 saturated heterocycles. The summed E-state index contributed by atoms with van der Waals surface area (Å²) in [6.07, 6.45) is 0.817. The first kappa shape index (κ1) is 22.8. The molecule has 0 spiro atoms. The zero-order valence-electron chi connectivity index (χ0n) is 18.9. The van der Waals surface area contributed by atoms with E-state index in [2.05, 4.69) is 4.90 Å². The minimum Gasteiger partial charge on any atom is -0.336 e. The molecule has 1 fully saturated rings. The first-order valence-electron chi connectivity index (χ1n) is 11.4. The molecule has 0 aliphatic carbocycles. The van der Waals surface area contributed by atoms with Crippen molar-refractivity contribution in [3.05, 3.63) is 74.2 Å². The van der Waals surface area contributed by atoms with E-state index in [4.69, 9.17) is 28.9 Å². The molecule has 4 aromatic rings. The molecule has 0 bridgehead atoms. The first-order valence-corrected chi connectivity index (χ1v) is 12.1. The second-order valence-corrected chi connectivity index (χ2v) is 9.25. The highest BCUT2D eigenvalue weighted by molar-refractivity contribution is 7.71. The SMILES string of the molecule is CCCn1c(=O)c2ccccc2n2c(=S)n(CN3CCN(C(=O)c4ccc(Cl)cc4)CC3)nc12. The summed E-state index contributed by atoms with van der Waals surface area (Å²) in [6, 6.07) is 14.5. The number of aromatic nitrogens is 4. The molecule has 0 radical (unpaired) electrons. The Morgan fingerprint density at radius 2 is 1.76 bits per heavy atom. The molecule has 2 aromatic carbocycles. The van der Waals surface area contributed by atoms with Crippen molar-refractivity contribution >= 4 is 46.4 Å². The van der Waals surface area contributed by atoms with Crippen LogP contribution in [0.2, 0.25) is 5.02 Å². The molecule has 0 N–H and O–H groups in total. The number of fused-ring (bicyclic) bond motifs is 3. The number of benzene rings is 2. The van der Waals surface area contributed by atoms with Crippen molar-refractivity contribution in [1.82, 2.24) is 28.5 Å². The number of amides is 1. The van der Waals surface area contributed by atoms with Gasteiger partial charge in [-0.25, -0.2) is 4.68 Å². The predicted molar refractivity (Wildman–Crippen MR) is 135 cm³/mol. The van der Waals surface area contributed by atoms with Crippen molar-refractivity contribution < 1.29 is 4.79 Å². The van der Waals surface area contributed by atoms with Crippen molar-refractivity contribution in [2.24, 2.45) is 0 Å². The third-order valence-corrected chi connectivity index (χ3v) is 6.86. The van der Waals surface area contributed by atoms with Crippen LogP contribution in [-0.2, 0) is 13.2 Å². The number of carbonyl (C=O) groups excluding carboxylic acids is 1. The van der Waals surface area contributed by atoms with Crippen molar-refractivity contribution in [3.63, 3.8) is 0 Å². The Morgan fingerprint density at radius 1 is 1.06 bits per heavy atom. The van der Waals surface area contributed by atoms with Gasteiger partial charge in [0, 0.05) is 43.3 Å². The van der Waals surface area contributed by atoms with Gasteiger partial charge < -0.3 is 4.90 Å². The van der Waals surface area contributed by atoms with Gasteiger partial charge in [-0.15, -0.1) is 5.10 Å². The number of rotatable bonds is 5. The van der Waals surface area contributed by atoms with Gasteiger partial charge in [0.15, 0.2) is 0 Å². The fraction of sp³-hybridized carbons (Fsp3) is 0.333. The fourth-order valence-corrected chi connectivity index (χ4v) is 4.85. The standard InChI is InChI=1S/C24H25ClN6O2S/c1-2-11-29-22(33)19-5-3-4-6-20(19)31-23(29)26-30(24(31)34)16-27-12-14-28(15-13-27)21(32)17-7-9-18(25)10-8-17/h3-10H,2,11-16H2,1H3. The van der Waals surface area contributed by atoms with Crippen LogP contribution < -0.4 is 5.56 Å². The van der Waals surface area contributed by atoms with E-state index in [-0.39, 0.29) is 11.5 Å². The summed E-state index contributed by atoms with van der Waals surface area (Å²) >= 11 is 11.7. The van der Waals surface area contributed by atoms with E-state index in [1.54, 1.807) is 33.5 Å². The monoisotopic (exact) mass is 496 g/mol. The second kappa shape index (κ2) is 9.32. The lowest BCUT2D eigenvalue weighted by molar-refractivity contribution is 0.0585. The Labute approximate surface area is 206 Å². The smallest absolute Gasteiger partial charge is 0.262 e. The molecule has 8 nitrogen and oxygen atoms in total.